The number of carbonyl (C=O) groups excluding carboxylic acids is 1. The molecule has 1 aromatic heterocycles. The molecule has 0 unspecified atom stereocenters. The fourth-order valence-corrected chi connectivity index (χ4v) is 4.73. The Hall–Kier alpha value is -1.95. The molecule has 0 aromatic carbocycles. The first-order valence-corrected chi connectivity index (χ1v) is 9.65. The van der Waals surface area contributed by atoms with Crippen LogP contribution in [0.2, 0.25) is 0 Å². The second kappa shape index (κ2) is 6.65. The SMILES string of the molecule is Cc1cccc(CCN2C[C@H]3CN(C(=O)C4CCC4)C[C@@]3(C(=O)O)C2)n1. The lowest BCUT2D eigenvalue weighted by Crippen LogP contribution is -2.44. The summed E-state index contributed by atoms with van der Waals surface area (Å²) in [4.78, 5) is 33.3. The number of nitrogens with zero attached hydrogens (tertiary/aromatic N) is 3. The Morgan fingerprint density at radius 3 is 2.69 bits per heavy atom. The molecule has 140 valence electrons. The molecular formula is C20H27N3O3. The highest BCUT2D eigenvalue weighted by Gasteiger charge is 2.58. The minimum atomic E-state index is -0.792. The first kappa shape index (κ1) is 17.5. The van der Waals surface area contributed by atoms with Crippen molar-refractivity contribution < 1.29 is 14.7 Å². The summed E-state index contributed by atoms with van der Waals surface area (Å²) >= 11 is 0. The normalized spacial score (nSPS) is 28.8. The van der Waals surface area contributed by atoms with Gasteiger partial charge in [-0.3, -0.25) is 14.6 Å². The summed E-state index contributed by atoms with van der Waals surface area (Å²) in [6, 6.07) is 6.02. The van der Waals surface area contributed by atoms with Gasteiger partial charge in [0.05, 0.1) is 0 Å². The van der Waals surface area contributed by atoms with E-state index in [-0.39, 0.29) is 17.7 Å². The van der Waals surface area contributed by atoms with Gasteiger partial charge in [0.25, 0.3) is 0 Å². The van der Waals surface area contributed by atoms with E-state index in [1.807, 2.05) is 30.0 Å². The van der Waals surface area contributed by atoms with Crippen molar-refractivity contribution in [1.82, 2.24) is 14.8 Å². The lowest BCUT2D eigenvalue weighted by Gasteiger charge is -2.31. The van der Waals surface area contributed by atoms with Crippen molar-refractivity contribution in [2.45, 2.75) is 32.6 Å². The predicted octanol–water partition coefficient (Wildman–Crippen LogP) is 1.58. The van der Waals surface area contributed by atoms with E-state index in [0.29, 0.717) is 19.6 Å². The van der Waals surface area contributed by atoms with Gasteiger partial charge in [-0.25, -0.2) is 0 Å². The number of likely N-dealkylation sites (tertiary alicyclic amines) is 2. The molecule has 1 aromatic rings. The van der Waals surface area contributed by atoms with E-state index in [4.69, 9.17) is 0 Å². The van der Waals surface area contributed by atoms with Crippen LogP contribution in [0.5, 0.6) is 0 Å². The van der Waals surface area contributed by atoms with Crippen molar-refractivity contribution in [3.8, 4) is 0 Å². The molecule has 3 heterocycles. The van der Waals surface area contributed by atoms with E-state index < -0.39 is 11.4 Å². The average Bonchev–Trinajstić information content (AvgIpc) is 3.06. The maximum absolute atomic E-state index is 12.6. The van der Waals surface area contributed by atoms with Crippen molar-refractivity contribution >= 4 is 11.9 Å². The largest absolute Gasteiger partial charge is 0.481 e. The molecule has 1 amide bonds. The van der Waals surface area contributed by atoms with E-state index in [1.165, 1.54) is 0 Å². The van der Waals surface area contributed by atoms with Gasteiger partial charge < -0.3 is 14.9 Å². The molecule has 1 aliphatic carbocycles. The van der Waals surface area contributed by atoms with Gasteiger partial charge >= 0.3 is 5.97 Å². The summed E-state index contributed by atoms with van der Waals surface area (Å²) in [5, 5.41) is 9.95. The van der Waals surface area contributed by atoms with Crippen LogP contribution < -0.4 is 0 Å². The van der Waals surface area contributed by atoms with Crippen LogP contribution in [-0.2, 0) is 16.0 Å². The standard InChI is InChI=1S/C20H27N3O3/c1-14-4-2-7-17(21-14)8-9-22-10-16-11-23(18(24)15-5-3-6-15)13-20(16,12-22)19(25)26/h2,4,7,15-16H,3,5-6,8-13H2,1H3,(H,25,26)/t16-,20-/m0/s1. The Morgan fingerprint density at radius 1 is 1.27 bits per heavy atom. The smallest absolute Gasteiger partial charge is 0.313 e. The number of carboxylic acid groups (broad SMARTS) is 1. The molecule has 0 bridgehead atoms. The number of aryl methyl sites for hydroxylation is 1. The van der Waals surface area contributed by atoms with E-state index in [9.17, 15) is 14.7 Å². The molecule has 2 saturated heterocycles. The van der Waals surface area contributed by atoms with Crippen LogP contribution in [-0.4, -0.2) is 64.5 Å². The molecule has 4 rings (SSSR count). The topological polar surface area (TPSA) is 73.7 Å². The zero-order valence-corrected chi connectivity index (χ0v) is 15.4. The molecule has 2 atom stereocenters. The second-order valence-corrected chi connectivity index (χ2v) is 8.26. The Labute approximate surface area is 154 Å². The van der Waals surface area contributed by atoms with Crippen molar-refractivity contribution in [3.63, 3.8) is 0 Å². The highest BCUT2D eigenvalue weighted by molar-refractivity contribution is 5.83. The summed E-state index contributed by atoms with van der Waals surface area (Å²) in [5.74, 6) is -0.387. The fraction of sp³-hybridized carbons (Fsp3) is 0.650. The van der Waals surface area contributed by atoms with E-state index in [2.05, 4.69) is 9.88 Å². The van der Waals surface area contributed by atoms with E-state index in [1.54, 1.807) is 0 Å². The zero-order chi connectivity index (χ0) is 18.3. The molecule has 6 nitrogen and oxygen atoms in total. The summed E-state index contributed by atoms with van der Waals surface area (Å²) < 4.78 is 0. The summed E-state index contributed by atoms with van der Waals surface area (Å²) in [6.07, 6.45) is 3.89. The monoisotopic (exact) mass is 357 g/mol. The minimum absolute atomic E-state index is 0.0366. The third-order valence-electron chi connectivity index (χ3n) is 6.50. The molecule has 26 heavy (non-hydrogen) atoms. The molecule has 3 fully saturated rings. The second-order valence-electron chi connectivity index (χ2n) is 8.26. The number of fused-ring (bicyclic) bond motifs is 1. The number of aromatic nitrogens is 1. The number of rotatable bonds is 5. The Morgan fingerprint density at radius 2 is 2.08 bits per heavy atom. The van der Waals surface area contributed by atoms with Crippen molar-refractivity contribution in [2.24, 2.45) is 17.3 Å². The van der Waals surface area contributed by atoms with Crippen LogP contribution in [0.4, 0.5) is 0 Å². The lowest BCUT2D eigenvalue weighted by molar-refractivity contribution is -0.149. The number of hydrogen-bond donors (Lipinski definition) is 1. The summed E-state index contributed by atoms with van der Waals surface area (Å²) in [5.41, 5.74) is 1.26. The molecule has 1 N–H and O–H groups in total. The van der Waals surface area contributed by atoms with Crippen LogP contribution in [0.15, 0.2) is 18.2 Å². The number of amides is 1. The maximum Gasteiger partial charge on any atom is 0.313 e. The van der Waals surface area contributed by atoms with Crippen molar-refractivity contribution in [1.29, 1.82) is 0 Å². The highest BCUT2D eigenvalue weighted by atomic mass is 16.4. The summed E-state index contributed by atoms with van der Waals surface area (Å²) in [6.45, 7) is 5.07. The fourth-order valence-electron chi connectivity index (χ4n) is 4.73. The number of pyridine rings is 1. The van der Waals surface area contributed by atoms with Crippen LogP contribution in [0.1, 0.15) is 30.7 Å². The number of aliphatic carboxylic acids is 1. The van der Waals surface area contributed by atoms with Gasteiger partial charge in [-0.05, 0) is 31.9 Å². The number of carboxylic acids is 1. The quantitative estimate of drug-likeness (QED) is 0.866. The van der Waals surface area contributed by atoms with Gasteiger partial charge in [0, 0.05) is 62.4 Å². The summed E-state index contributed by atoms with van der Waals surface area (Å²) in [7, 11) is 0. The van der Waals surface area contributed by atoms with Gasteiger partial charge in [0.15, 0.2) is 0 Å². The van der Waals surface area contributed by atoms with Gasteiger partial charge in [-0.1, -0.05) is 12.5 Å². The Kier molecular flexibility index (Phi) is 4.47. The van der Waals surface area contributed by atoms with E-state index in [0.717, 1.165) is 50.2 Å². The van der Waals surface area contributed by atoms with Crippen LogP contribution >= 0.6 is 0 Å². The van der Waals surface area contributed by atoms with Gasteiger partial charge in [0.1, 0.15) is 5.41 Å². The van der Waals surface area contributed by atoms with Gasteiger partial charge in [-0.2, -0.15) is 0 Å². The van der Waals surface area contributed by atoms with Crippen LogP contribution in [0, 0.1) is 24.2 Å². The first-order chi connectivity index (χ1) is 12.5. The minimum Gasteiger partial charge on any atom is -0.481 e. The predicted molar refractivity (Wildman–Crippen MR) is 96.6 cm³/mol. The first-order valence-electron chi connectivity index (χ1n) is 9.65. The molecule has 1 saturated carbocycles. The van der Waals surface area contributed by atoms with Crippen LogP contribution in [0.3, 0.4) is 0 Å². The number of carbonyl (C=O) groups is 2. The molecule has 2 aliphatic heterocycles. The average molecular weight is 357 g/mol. The lowest BCUT2D eigenvalue weighted by atomic mass is 9.81. The van der Waals surface area contributed by atoms with E-state index >= 15 is 0 Å². The Bertz CT molecular complexity index is 718. The number of hydrogen-bond acceptors (Lipinski definition) is 4. The molecular weight excluding hydrogens is 330 g/mol. The molecule has 6 heteroatoms. The molecule has 3 aliphatic rings. The maximum atomic E-state index is 12.6. The Balaban J connectivity index is 1.40. The van der Waals surface area contributed by atoms with Crippen molar-refractivity contribution in [2.75, 3.05) is 32.7 Å². The van der Waals surface area contributed by atoms with Crippen molar-refractivity contribution in [3.05, 3.63) is 29.6 Å². The third-order valence-corrected chi connectivity index (χ3v) is 6.50. The zero-order valence-electron chi connectivity index (χ0n) is 15.4. The molecule has 0 radical (unpaired) electrons. The van der Waals surface area contributed by atoms with Gasteiger partial charge in [0.2, 0.25) is 5.91 Å². The third kappa shape index (κ3) is 3.00. The van der Waals surface area contributed by atoms with Gasteiger partial charge in [-0.15, -0.1) is 0 Å². The highest BCUT2D eigenvalue weighted by Crippen LogP contribution is 2.44. The molecule has 0 spiro atoms. The van der Waals surface area contributed by atoms with Crippen LogP contribution in [0.25, 0.3) is 0 Å².